The number of hydrogen-bond donors (Lipinski definition) is 1. The highest BCUT2D eigenvalue weighted by molar-refractivity contribution is 5.85. The Hall–Kier alpha value is -1.03. The normalized spacial score (nSPS) is 19.2. The lowest BCUT2D eigenvalue weighted by atomic mass is 9.90. The molecule has 1 aromatic heterocycles. The third-order valence-corrected chi connectivity index (χ3v) is 3.00. The molecular formula is C10H15ClN2O2. The highest BCUT2D eigenvalue weighted by Crippen LogP contribution is 2.31. The fourth-order valence-electron chi connectivity index (χ4n) is 2.11. The van der Waals surface area contributed by atoms with E-state index in [1.807, 2.05) is 18.5 Å². The average Bonchev–Trinajstić information content (AvgIpc) is 2.43. The van der Waals surface area contributed by atoms with E-state index in [-0.39, 0.29) is 12.4 Å². The molecule has 0 spiro atoms. The number of rotatable bonds is 1. The van der Waals surface area contributed by atoms with Crippen LogP contribution in [-0.2, 0) is 18.3 Å². The molecule has 5 heteroatoms. The van der Waals surface area contributed by atoms with Gasteiger partial charge in [-0.3, -0.25) is 4.79 Å². The number of carbonyl (C=O) groups is 1. The van der Waals surface area contributed by atoms with E-state index in [1.54, 1.807) is 0 Å². The molecule has 1 N–H and O–H groups in total. The third kappa shape index (κ3) is 1.86. The van der Waals surface area contributed by atoms with Crippen LogP contribution in [0.2, 0.25) is 0 Å². The number of nitrogens with zero attached hydrogens (tertiary/aromatic N) is 2. The van der Waals surface area contributed by atoms with Gasteiger partial charge < -0.3 is 9.67 Å². The van der Waals surface area contributed by atoms with Gasteiger partial charge in [0, 0.05) is 12.7 Å². The summed E-state index contributed by atoms with van der Waals surface area (Å²) in [4.78, 5) is 15.3. The Morgan fingerprint density at radius 3 is 2.87 bits per heavy atom. The van der Waals surface area contributed by atoms with E-state index in [1.165, 1.54) is 0 Å². The third-order valence-electron chi connectivity index (χ3n) is 3.00. The van der Waals surface area contributed by atoms with Crippen molar-refractivity contribution in [1.82, 2.24) is 9.55 Å². The second kappa shape index (κ2) is 4.23. The van der Waals surface area contributed by atoms with Gasteiger partial charge in [0.1, 0.15) is 11.7 Å². The largest absolute Gasteiger partial charge is 0.481 e. The van der Waals surface area contributed by atoms with E-state index < -0.39 is 11.9 Å². The Morgan fingerprint density at radius 2 is 2.27 bits per heavy atom. The summed E-state index contributed by atoms with van der Waals surface area (Å²) < 4.78 is 2.00. The van der Waals surface area contributed by atoms with E-state index in [4.69, 9.17) is 5.11 Å². The van der Waals surface area contributed by atoms with Crippen molar-refractivity contribution < 1.29 is 9.90 Å². The van der Waals surface area contributed by atoms with E-state index in [2.05, 4.69) is 4.98 Å². The van der Waals surface area contributed by atoms with E-state index >= 15 is 0 Å². The predicted molar refractivity (Wildman–Crippen MR) is 58.5 cm³/mol. The van der Waals surface area contributed by atoms with Crippen molar-refractivity contribution in [2.45, 2.75) is 32.1 Å². The van der Waals surface area contributed by atoms with Gasteiger partial charge in [-0.2, -0.15) is 0 Å². The maximum Gasteiger partial charge on any atom is 0.312 e. The summed E-state index contributed by atoms with van der Waals surface area (Å²) in [5.74, 6) is -0.231. The van der Waals surface area contributed by atoms with Crippen molar-refractivity contribution in [3.05, 3.63) is 17.2 Å². The fourth-order valence-corrected chi connectivity index (χ4v) is 2.11. The number of aryl methyl sites for hydroxylation is 1. The van der Waals surface area contributed by atoms with E-state index in [9.17, 15) is 4.79 Å². The summed E-state index contributed by atoms with van der Waals surface area (Å²) >= 11 is 0. The van der Waals surface area contributed by atoms with Gasteiger partial charge in [0.2, 0.25) is 0 Å². The summed E-state index contributed by atoms with van der Waals surface area (Å²) in [6, 6.07) is 0. The summed E-state index contributed by atoms with van der Waals surface area (Å²) in [5, 5.41) is 9.04. The molecule has 0 amide bonds. The highest BCUT2D eigenvalue weighted by atomic mass is 35.5. The van der Waals surface area contributed by atoms with Gasteiger partial charge in [0.15, 0.2) is 0 Å². The molecule has 4 nitrogen and oxygen atoms in total. The lowest BCUT2D eigenvalue weighted by Crippen LogP contribution is -2.18. The van der Waals surface area contributed by atoms with Crippen molar-refractivity contribution in [2.75, 3.05) is 0 Å². The van der Waals surface area contributed by atoms with Crippen molar-refractivity contribution in [2.24, 2.45) is 7.05 Å². The van der Waals surface area contributed by atoms with Crippen LogP contribution in [0.25, 0.3) is 0 Å². The standard InChI is InChI=1S/C10H14N2O2.ClH/c1-6-11-9-7(10(13)14)4-3-5-8(9)12(6)2;/h7H,3-5H2,1-2H3,(H,13,14);1H. The molecule has 84 valence electrons. The SMILES string of the molecule is Cc1nc2c(n1C)CCCC2C(=O)O.Cl. The number of aromatic nitrogens is 2. The molecule has 1 aromatic rings. The summed E-state index contributed by atoms with van der Waals surface area (Å²) in [6.45, 7) is 1.91. The molecule has 0 bridgehead atoms. The molecule has 2 rings (SSSR count). The van der Waals surface area contributed by atoms with Gasteiger partial charge in [-0.25, -0.2) is 4.98 Å². The molecular weight excluding hydrogens is 216 g/mol. The minimum Gasteiger partial charge on any atom is -0.481 e. The first-order valence-corrected chi connectivity index (χ1v) is 4.86. The van der Waals surface area contributed by atoms with E-state index in [0.717, 1.165) is 36.5 Å². The van der Waals surface area contributed by atoms with Gasteiger partial charge in [0.05, 0.1) is 5.69 Å². The van der Waals surface area contributed by atoms with Crippen LogP contribution in [0, 0.1) is 6.92 Å². The smallest absolute Gasteiger partial charge is 0.312 e. The second-order valence-electron chi connectivity index (χ2n) is 3.83. The highest BCUT2D eigenvalue weighted by Gasteiger charge is 2.30. The van der Waals surface area contributed by atoms with Gasteiger partial charge in [-0.1, -0.05) is 0 Å². The zero-order valence-corrected chi connectivity index (χ0v) is 9.67. The summed E-state index contributed by atoms with van der Waals surface area (Å²) in [6.07, 6.45) is 2.62. The first-order chi connectivity index (χ1) is 6.61. The van der Waals surface area contributed by atoms with Crippen molar-refractivity contribution >= 4 is 18.4 Å². The van der Waals surface area contributed by atoms with Crippen LogP contribution in [0.4, 0.5) is 0 Å². The lowest BCUT2D eigenvalue weighted by Gasteiger charge is -2.18. The average molecular weight is 231 g/mol. The van der Waals surface area contributed by atoms with Crippen LogP contribution in [-0.4, -0.2) is 20.6 Å². The van der Waals surface area contributed by atoms with Crippen LogP contribution in [0.5, 0.6) is 0 Å². The monoisotopic (exact) mass is 230 g/mol. The number of fused-ring (bicyclic) bond motifs is 1. The molecule has 0 fully saturated rings. The van der Waals surface area contributed by atoms with Crippen molar-refractivity contribution in [3.63, 3.8) is 0 Å². The number of halogens is 1. The lowest BCUT2D eigenvalue weighted by molar-refractivity contribution is -0.139. The van der Waals surface area contributed by atoms with Crippen molar-refractivity contribution in [1.29, 1.82) is 0 Å². The zero-order valence-electron chi connectivity index (χ0n) is 8.86. The van der Waals surface area contributed by atoms with Crippen LogP contribution >= 0.6 is 12.4 Å². The molecule has 15 heavy (non-hydrogen) atoms. The Kier molecular flexibility index (Phi) is 3.39. The van der Waals surface area contributed by atoms with Gasteiger partial charge in [-0.15, -0.1) is 12.4 Å². The molecule has 0 aliphatic heterocycles. The number of carboxylic acid groups (broad SMARTS) is 1. The Morgan fingerprint density at radius 1 is 1.60 bits per heavy atom. The maximum atomic E-state index is 11.0. The quantitative estimate of drug-likeness (QED) is 0.798. The molecule has 0 aromatic carbocycles. The molecule has 1 aliphatic rings. The van der Waals surface area contributed by atoms with Crippen molar-refractivity contribution in [3.8, 4) is 0 Å². The molecule has 0 saturated carbocycles. The Bertz CT molecular complexity index is 387. The molecule has 0 radical (unpaired) electrons. The predicted octanol–water partition coefficient (Wildman–Crippen LogP) is 1.65. The number of hydrogen-bond acceptors (Lipinski definition) is 2. The number of aliphatic carboxylic acids is 1. The molecule has 1 aliphatic carbocycles. The second-order valence-corrected chi connectivity index (χ2v) is 3.83. The van der Waals surface area contributed by atoms with Crippen LogP contribution in [0.3, 0.4) is 0 Å². The molecule has 0 saturated heterocycles. The summed E-state index contributed by atoms with van der Waals surface area (Å²) in [7, 11) is 1.95. The van der Waals surface area contributed by atoms with Gasteiger partial charge >= 0.3 is 5.97 Å². The zero-order chi connectivity index (χ0) is 10.3. The summed E-state index contributed by atoms with van der Waals surface area (Å²) in [5.41, 5.74) is 1.88. The van der Waals surface area contributed by atoms with E-state index in [0.29, 0.717) is 0 Å². The van der Waals surface area contributed by atoms with Gasteiger partial charge in [-0.05, 0) is 26.2 Å². The molecule has 1 unspecified atom stereocenters. The topological polar surface area (TPSA) is 55.1 Å². The first kappa shape index (κ1) is 12.0. The first-order valence-electron chi connectivity index (χ1n) is 4.86. The maximum absolute atomic E-state index is 11.0. The molecule has 1 atom stereocenters. The Balaban J connectivity index is 0.00000112. The minimum atomic E-state index is -0.746. The van der Waals surface area contributed by atoms with Crippen LogP contribution in [0.1, 0.15) is 36.0 Å². The van der Waals surface area contributed by atoms with Crippen LogP contribution < -0.4 is 0 Å². The Labute approximate surface area is 94.7 Å². The van der Waals surface area contributed by atoms with Gasteiger partial charge in [0.25, 0.3) is 0 Å². The number of carboxylic acids is 1. The minimum absolute atomic E-state index is 0. The number of imidazole rings is 1. The molecule has 1 heterocycles. The fraction of sp³-hybridized carbons (Fsp3) is 0.600. The van der Waals surface area contributed by atoms with Crippen LogP contribution in [0.15, 0.2) is 0 Å².